The minimum absolute atomic E-state index is 0.0183. The van der Waals surface area contributed by atoms with Gasteiger partial charge in [0, 0.05) is 25.2 Å². The third kappa shape index (κ3) is 6.84. The number of amides is 2. The molecule has 0 spiro atoms. The molecule has 1 aliphatic heterocycles. The highest BCUT2D eigenvalue weighted by molar-refractivity contribution is 6.45. The highest BCUT2D eigenvalue weighted by atomic mass is 16.5. The standard InChI is InChI=1S/C28H30BN3O4/c1-29(35)30-23-18-19-31(20-23)28(34)21-32(27(33)17-16-22-10-4-2-5-11-22)25-14-8-9-15-26(25)36-24-12-6-3-7-13-24/h2-17,23,30,35H,18-21H2,1H3/b17-16+. The average molecular weight is 483 g/mol. The van der Waals surface area contributed by atoms with Crippen molar-refractivity contribution in [2.75, 3.05) is 24.5 Å². The first-order valence-electron chi connectivity index (χ1n) is 12.1. The Kier molecular flexibility index (Phi) is 8.55. The number of rotatable bonds is 9. The van der Waals surface area contributed by atoms with Gasteiger partial charge in [-0.15, -0.1) is 0 Å². The lowest BCUT2D eigenvalue weighted by Gasteiger charge is -2.26. The summed E-state index contributed by atoms with van der Waals surface area (Å²) in [6.07, 6.45) is 3.95. The number of hydrogen-bond donors (Lipinski definition) is 2. The van der Waals surface area contributed by atoms with Gasteiger partial charge in [0.1, 0.15) is 12.3 Å². The fourth-order valence-electron chi connectivity index (χ4n) is 4.18. The van der Waals surface area contributed by atoms with Crippen LogP contribution in [0.2, 0.25) is 6.82 Å². The van der Waals surface area contributed by atoms with E-state index in [-0.39, 0.29) is 24.4 Å². The summed E-state index contributed by atoms with van der Waals surface area (Å²) >= 11 is 0. The van der Waals surface area contributed by atoms with Gasteiger partial charge in [-0.05, 0) is 49.1 Å². The van der Waals surface area contributed by atoms with Gasteiger partial charge in [0.15, 0.2) is 5.75 Å². The van der Waals surface area contributed by atoms with E-state index in [0.717, 1.165) is 12.0 Å². The summed E-state index contributed by atoms with van der Waals surface area (Å²) in [5.41, 5.74) is 1.40. The molecule has 1 fully saturated rings. The van der Waals surface area contributed by atoms with Gasteiger partial charge >= 0.3 is 7.05 Å². The number of likely N-dealkylation sites (tertiary alicyclic amines) is 1. The first-order chi connectivity index (χ1) is 17.5. The highest BCUT2D eigenvalue weighted by Gasteiger charge is 2.30. The zero-order chi connectivity index (χ0) is 25.3. The van der Waals surface area contributed by atoms with Crippen LogP contribution in [0.25, 0.3) is 6.08 Å². The first-order valence-corrected chi connectivity index (χ1v) is 12.1. The third-order valence-electron chi connectivity index (χ3n) is 5.92. The van der Waals surface area contributed by atoms with Crippen molar-refractivity contribution in [2.24, 2.45) is 0 Å². The molecule has 0 aliphatic carbocycles. The molecule has 1 unspecified atom stereocenters. The van der Waals surface area contributed by atoms with Crippen LogP contribution in [0.15, 0.2) is 91.0 Å². The lowest BCUT2D eigenvalue weighted by atomic mass is 9.87. The number of para-hydroxylation sites is 3. The molecular formula is C28H30BN3O4. The Hall–Kier alpha value is -3.88. The van der Waals surface area contributed by atoms with Crippen molar-refractivity contribution in [3.8, 4) is 11.5 Å². The molecule has 2 N–H and O–H groups in total. The summed E-state index contributed by atoms with van der Waals surface area (Å²) in [5, 5.41) is 12.7. The summed E-state index contributed by atoms with van der Waals surface area (Å²) < 4.78 is 6.09. The van der Waals surface area contributed by atoms with Crippen molar-refractivity contribution in [3.63, 3.8) is 0 Å². The SMILES string of the molecule is CB(O)NC1CCN(C(=O)CN(C(=O)/C=C/c2ccccc2)c2ccccc2Oc2ccccc2)C1. The maximum atomic E-state index is 13.4. The Bertz CT molecular complexity index is 1190. The van der Waals surface area contributed by atoms with Crippen molar-refractivity contribution in [1.82, 2.24) is 10.1 Å². The van der Waals surface area contributed by atoms with Gasteiger partial charge in [-0.3, -0.25) is 14.5 Å². The van der Waals surface area contributed by atoms with Gasteiger partial charge in [0.2, 0.25) is 5.91 Å². The quantitative estimate of drug-likeness (QED) is 0.357. The normalized spacial score (nSPS) is 15.2. The van der Waals surface area contributed by atoms with Crippen molar-refractivity contribution in [2.45, 2.75) is 19.3 Å². The summed E-state index contributed by atoms with van der Waals surface area (Å²) in [7, 11) is -0.645. The molecule has 0 saturated carbocycles. The van der Waals surface area contributed by atoms with Crippen LogP contribution in [0.5, 0.6) is 11.5 Å². The molecule has 4 rings (SSSR count). The Balaban J connectivity index is 1.58. The molecule has 0 aromatic heterocycles. The zero-order valence-electron chi connectivity index (χ0n) is 20.3. The van der Waals surface area contributed by atoms with Gasteiger partial charge in [-0.25, -0.2) is 0 Å². The van der Waals surface area contributed by atoms with Crippen LogP contribution in [-0.2, 0) is 9.59 Å². The number of nitrogens with zero attached hydrogens (tertiary/aromatic N) is 2. The molecule has 7 nitrogen and oxygen atoms in total. The van der Waals surface area contributed by atoms with Crippen LogP contribution in [0.3, 0.4) is 0 Å². The lowest BCUT2D eigenvalue weighted by Crippen LogP contribution is -2.45. The molecule has 184 valence electrons. The number of ether oxygens (including phenoxy) is 1. The molecule has 1 saturated heterocycles. The van der Waals surface area contributed by atoms with E-state index in [0.29, 0.717) is 30.3 Å². The molecule has 8 heteroatoms. The van der Waals surface area contributed by atoms with E-state index >= 15 is 0 Å². The van der Waals surface area contributed by atoms with E-state index in [1.165, 1.54) is 11.0 Å². The summed E-state index contributed by atoms with van der Waals surface area (Å²) in [6.45, 7) is 2.57. The number of hydrogen-bond acceptors (Lipinski definition) is 5. The highest BCUT2D eigenvalue weighted by Crippen LogP contribution is 2.32. The minimum Gasteiger partial charge on any atom is -0.455 e. The fraction of sp³-hybridized carbons (Fsp3) is 0.214. The number of anilines is 1. The minimum atomic E-state index is -0.645. The van der Waals surface area contributed by atoms with Gasteiger partial charge in [-0.2, -0.15) is 0 Å². The third-order valence-corrected chi connectivity index (χ3v) is 5.92. The molecule has 0 radical (unpaired) electrons. The van der Waals surface area contributed by atoms with E-state index < -0.39 is 7.05 Å². The van der Waals surface area contributed by atoms with Crippen molar-refractivity contribution in [1.29, 1.82) is 0 Å². The number of nitrogens with one attached hydrogen (secondary N) is 1. The molecule has 3 aromatic rings. The fourth-order valence-corrected chi connectivity index (χ4v) is 4.18. The second kappa shape index (κ2) is 12.2. The summed E-state index contributed by atoms with van der Waals surface area (Å²) in [4.78, 5) is 29.9. The van der Waals surface area contributed by atoms with Crippen LogP contribution in [0.4, 0.5) is 5.69 Å². The summed E-state index contributed by atoms with van der Waals surface area (Å²) in [6, 6.07) is 26.1. The Morgan fingerprint density at radius 1 is 1.06 bits per heavy atom. The number of carbonyl (C=O) groups is 2. The first kappa shape index (κ1) is 25.2. The van der Waals surface area contributed by atoms with Crippen LogP contribution in [0.1, 0.15) is 12.0 Å². The second-order valence-corrected chi connectivity index (χ2v) is 8.72. The summed E-state index contributed by atoms with van der Waals surface area (Å²) in [5.74, 6) is 0.623. The second-order valence-electron chi connectivity index (χ2n) is 8.72. The molecule has 1 heterocycles. The van der Waals surface area contributed by atoms with Gasteiger partial charge in [0.05, 0.1) is 5.69 Å². The van der Waals surface area contributed by atoms with Crippen LogP contribution < -0.4 is 14.9 Å². The average Bonchev–Trinajstić information content (AvgIpc) is 3.35. The van der Waals surface area contributed by atoms with Crippen molar-refractivity contribution < 1.29 is 19.3 Å². The van der Waals surface area contributed by atoms with Crippen LogP contribution >= 0.6 is 0 Å². The zero-order valence-corrected chi connectivity index (χ0v) is 20.3. The van der Waals surface area contributed by atoms with E-state index in [1.807, 2.05) is 72.8 Å². The predicted octanol–water partition coefficient (Wildman–Crippen LogP) is 3.83. The molecule has 1 aliphatic rings. The largest absolute Gasteiger partial charge is 0.455 e. The van der Waals surface area contributed by atoms with E-state index in [4.69, 9.17) is 4.74 Å². The smallest absolute Gasteiger partial charge is 0.373 e. The topological polar surface area (TPSA) is 82.1 Å². The number of carbonyl (C=O) groups excluding carboxylic acids is 2. The molecule has 1 atom stereocenters. The maximum Gasteiger partial charge on any atom is 0.373 e. The van der Waals surface area contributed by atoms with Gasteiger partial charge in [0.25, 0.3) is 5.91 Å². The van der Waals surface area contributed by atoms with Gasteiger partial charge in [-0.1, -0.05) is 60.7 Å². The van der Waals surface area contributed by atoms with Gasteiger partial charge < -0.3 is 19.9 Å². The van der Waals surface area contributed by atoms with E-state index in [2.05, 4.69) is 5.23 Å². The Labute approximate surface area is 212 Å². The van der Waals surface area contributed by atoms with E-state index in [1.54, 1.807) is 29.9 Å². The van der Waals surface area contributed by atoms with Crippen molar-refractivity contribution >= 4 is 30.6 Å². The Morgan fingerprint density at radius 3 is 2.44 bits per heavy atom. The molecule has 36 heavy (non-hydrogen) atoms. The monoisotopic (exact) mass is 483 g/mol. The molecule has 2 amide bonds. The maximum absolute atomic E-state index is 13.4. The van der Waals surface area contributed by atoms with Crippen LogP contribution in [0, 0.1) is 0 Å². The van der Waals surface area contributed by atoms with E-state index in [9.17, 15) is 14.6 Å². The molecular weight excluding hydrogens is 453 g/mol. The van der Waals surface area contributed by atoms with Crippen LogP contribution in [-0.4, -0.2) is 54.5 Å². The van der Waals surface area contributed by atoms with Crippen molar-refractivity contribution in [3.05, 3.63) is 96.6 Å². The number of benzene rings is 3. The predicted molar refractivity (Wildman–Crippen MR) is 143 cm³/mol. The lowest BCUT2D eigenvalue weighted by molar-refractivity contribution is -0.130. The molecule has 3 aromatic carbocycles. The molecule has 0 bridgehead atoms. The Morgan fingerprint density at radius 2 is 1.72 bits per heavy atom.